The van der Waals surface area contributed by atoms with Crippen molar-refractivity contribution in [2.75, 3.05) is 23.3 Å². The van der Waals surface area contributed by atoms with E-state index in [1.165, 1.54) is 12.1 Å². The third-order valence-electron chi connectivity index (χ3n) is 6.90. The standard InChI is InChI=1S/C29H27FN8O/c1-19-5-2-6-20-10-14-32-27(26(19)20)38(22-7-3-12-31-18-22)28(39)23-9-8-21(17-24(23)30)35-29-33-15-11-25(36-29)37-16-4-13-34-37/h2,4-6,8-11,13-17,22,31H,3,7,12,18H2,1H3,(H,33,35,36)/t22-/m1/s1. The summed E-state index contributed by atoms with van der Waals surface area (Å²) >= 11 is 0. The Kier molecular flexibility index (Phi) is 6.68. The Hall–Kier alpha value is -4.70. The van der Waals surface area contributed by atoms with Gasteiger partial charge in [0.05, 0.1) is 11.6 Å². The van der Waals surface area contributed by atoms with Gasteiger partial charge in [0.2, 0.25) is 5.95 Å². The van der Waals surface area contributed by atoms with Gasteiger partial charge in [-0.25, -0.2) is 19.0 Å². The zero-order valence-electron chi connectivity index (χ0n) is 21.4. The highest BCUT2D eigenvalue weighted by Crippen LogP contribution is 2.32. The van der Waals surface area contributed by atoms with Crippen molar-refractivity contribution in [1.29, 1.82) is 0 Å². The van der Waals surface area contributed by atoms with Crippen LogP contribution in [0.3, 0.4) is 0 Å². The molecule has 196 valence electrons. The quantitative estimate of drug-likeness (QED) is 0.330. The van der Waals surface area contributed by atoms with Crippen molar-refractivity contribution in [3.05, 3.63) is 96.3 Å². The monoisotopic (exact) mass is 522 g/mol. The van der Waals surface area contributed by atoms with Gasteiger partial charge in [-0.05, 0) is 67.6 Å². The molecule has 1 amide bonds. The zero-order chi connectivity index (χ0) is 26.8. The molecular formula is C29H27FN8O. The van der Waals surface area contributed by atoms with Gasteiger partial charge in [0.25, 0.3) is 5.91 Å². The van der Waals surface area contributed by atoms with E-state index in [9.17, 15) is 4.79 Å². The summed E-state index contributed by atoms with van der Waals surface area (Å²) in [7, 11) is 0. The first-order valence-corrected chi connectivity index (χ1v) is 12.9. The Labute approximate surface area is 224 Å². The number of nitrogens with one attached hydrogen (secondary N) is 2. The molecule has 0 bridgehead atoms. The fourth-order valence-corrected chi connectivity index (χ4v) is 5.03. The number of piperidine rings is 1. The van der Waals surface area contributed by atoms with Crippen molar-refractivity contribution in [1.82, 2.24) is 30.0 Å². The van der Waals surface area contributed by atoms with Crippen molar-refractivity contribution in [2.45, 2.75) is 25.8 Å². The van der Waals surface area contributed by atoms with E-state index in [4.69, 9.17) is 0 Å². The summed E-state index contributed by atoms with van der Waals surface area (Å²) in [5.41, 5.74) is 1.41. The van der Waals surface area contributed by atoms with Crippen molar-refractivity contribution in [3.8, 4) is 5.82 Å². The van der Waals surface area contributed by atoms with E-state index in [0.29, 0.717) is 23.9 Å². The second-order valence-corrected chi connectivity index (χ2v) is 9.49. The Balaban J connectivity index is 1.33. The fraction of sp³-hybridized carbons (Fsp3) is 0.207. The first-order valence-electron chi connectivity index (χ1n) is 12.9. The van der Waals surface area contributed by atoms with Crippen molar-refractivity contribution in [2.24, 2.45) is 0 Å². The van der Waals surface area contributed by atoms with Crippen LogP contribution in [0, 0.1) is 12.7 Å². The molecule has 9 nitrogen and oxygen atoms in total. The van der Waals surface area contributed by atoms with Crippen LogP contribution in [0.1, 0.15) is 28.8 Å². The molecule has 0 saturated carbocycles. The molecule has 1 saturated heterocycles. The van der Waals surface area contributed by atoms with E-state index in [1.54, 1.807) is 52.6 Å². The van der Waals surface area contributed by atoms with E-state index in [1.807, 2.05) is 31.2 Å². The smallest absolute Gasteiger partial charge is 0.262 e. The molecule has 3 aromatic heterocycles. The number of benzene rings is 2. The summed E-state index contributed by atoms with van der Waals surface area (Å²) in [6.07, 6.45) is 8.44. The van der Waals surface area contributed by atoms with Crippen LogP contribution < -0.4 is 15.5 Å². The van der Waals surface area contributed by atoms with Gasteiger partial charge in [0.15, 0.2) is 5.82 Å². The van der Waals surface area contributed by atoms with Gasteiger partial charge in [-0.15, -0.1) is 0 Å². The lowest BCUT2D eigenvalue weighted by atomic mass is 10.0. The number of aromatic nitrogens is 5. The van der Waals surface area contributed by atoms with Gasteiger partial charge in [-0.1, -0.05) is 18.2 Å². The lowest BCUT2D eigenvalue weighted by Crippen LogP contribution is -2.49. The summed E-state index contributed by atoms with van der Waals surface area (Å²) < 4.78 is 17.2. The number of hydrogen-bond acceptors (Lipinski definition) is 7. The molecule has 1 fully saturated rings. The highest BCUT2D eigenvalue weighted by molar-refractivity contribution is 6.11. The minimum absolute atomic E-state index is 0.0234. The molecule has 0 radical (unpaired) electrons. The lowest BCUT2D eigenvalue weighted by molar-refractivity contribution is 0.0968. The molecule has 1 aliphatic heterocycles. The third-order valence-corrected chi connectivity index (χ3v) is 6.90. The molecule has 5 aromatic rings. The van der Waals surface area contributed by atoms with E-state index >= 15 is 4.39 Å². The molecule has 10 heteroatoms. The first kappa shape index (κ1) is 24.6. The molecule has 6 rings (SSSR count). The van der Waals surface area contributed by atoms with Crippen LogP contribution in [0.2, 0.25) is 0 Å². The maximum Gasteiger partial charge on any atom is 0.262 e. The average molecular weight is 523 g/mol. The molecule has 2 aromatic carbocycles. The molecule has 4 heterocycles. The van der Waals surface area contributed by atoms with Gasteiger partial charge in [-0.3, -0.25) is 9.69 Å². The second kappa shape index (κ2) is 10.6. The molecule has 0 aliphatic carbocycles. The summed E-state index contributed by atoms with van der Waals surface area (Å²) in [6.45, 7) is 3.50. The van der Waals surface area contributed by atoms with E-state index in [-0.39, 0.29) is 17.6 Å². The number of fused-ring (bicyclic) bond motifs is 1. The number of carbonyl (C=O) groups is 1. The van der Waals surface area contributed by atoms with E-state index in [2.05, 4.69) is 30.7 Å². The Morgan fingerprint density at radius 3 is 2.79 bits per heavy atom. The van der Waals surface area contributed by atoms with Crippen LogP contribution in [0.5, 0.6) is 0 Å². The van der Waals surface area contributed by atoms with Crippen LogP contribution in [0.4, 0.5) is 21.8 Å². The van der Waals surface area contributed by atoms with Crippen LogP contribution in [-0.2, 0) is 0 Å². The molecule has 0 spiro atoms. The van der Waals surface area contributed by atoms with Crippen LogP contribution in [0.25, 0.3) is 16.6 Å². The predicted molar refractivity (Wildman–Crippen MR) is 148 cm³/mol. The predicted octanol–water partition coefficient (Wildman–Crippen LogP) is 4.80. The minimum Gasteiger partial charge on any atom is -0.324 e. The second-order valence-electron chi connectivity index (χ2n) is 9.49. The number of aryl methyl sites for hydroxylation is 1. The van der Waals surface area contributed by atoms with Crippen LogP contribution in [0.15, 0.2) is 79.4 Å². The number of halogens is 1. The summed E-state index contributed by atoms with van der Waals surface area (Å²) in [6, 6.07) is 15.7. The van der Waals surface area contributed by atoms with Gasteiger partial charge in [0.1, 0.15) is 11.6 Å². The van der Waals surface area contributed by atoms with Crippen molar-refractivity contribution in [3.63, 3.8) is 0 Å². The topological polar surface area (TPSA) is 101 Å². The van der Waals surface area contributed by atoms with Gasteiger partial charge < -0.3 is 10.6 Å². The Bertz CT molecular complexity index is 1630. The molecular weight excluding hydrogens is 495 g/mol. The fourth-order valence-electron chi connectivity index (χ4n) is 5.03. The minimum atomic E-state index is -0.640. The van der Waals surface area contributed by atoms with E-state index in [0.717, 1.165) is 35.7 Å². The van der Waals surface area contributed by atoms with E-state index < -0.39 is 11.7 Å². The molecule has 1 aliphatic rings. The Morgan fingerprint density at radius 1 is 1.10 bits per heavy atom. The highest BCUT2D eigenvalue weighted by Gasteiger charge is 2.31. The van der Waals surface area contributed by atoms with Gasteiger partial charge >= 0.3 is 0 Å². The summed E-state index contributed by atoms with van der Waals surface area (Å²) in [5, 5.41) is 12.4. The maximum absolute atomic E-state index is 15.6. The maximum atomic E-state index is 15.6. The highest BCUT2D eigenvalue weighted by atomic mass is 19.1. The van der Waals surface area contributed by atoms with Gasteiger partial charge in [-0.2, -0.15) is 10.1 Å². The number of hydrogen-bond donors (Lipinski definition) is 2. The summed E-state index contributed by atoms with van der Waals surface area (Å²) in [5.74, 6) is 0.341. The van der Waals surface area contributed by atoms with Crippen molar-refractivity contribution >= 4 is 34.1 Å². The van der Waals surface area contributed by atoms with Gasteiger partial charge in [0, 0.05) is 48.5 Å². The summed E-state index contributed by atoms with van der Waals surface area (Å²) in [4.78, 5) is 29.0. The molecule has 1 atom stereocenters. The number of pyridine rings is 1. The third kappa shape index (κ3) is 4.94. The van der Waals surface area contributed by atoms with Crippen LogP contribution in [-0.4, -0.2) is 49.8 Å². The SMILES string of the molecule is Cc1cccc2ccnc(N(C(=O)c3ccc(Nc4nccc(-n5cccn5)n4)cc3F)[C@@H]3CCCNC3)c12. The van der Waals surface area contributed by atoms with Crippen molar-refractivity contribution < 1.29 is 9.18 Å². The molecule has 39 heavy (non-hydrogen) atoms. The number of amides is 1. The Morgan fingerprint density at radius 2 is 2.00 bits per heavy atom. The number of carbonyl (C=O) groups excluding carboxylic acids is 1. The number of nitrogens with zero attached hydrogens (tertiary/aromatic N) is 6. The normalized spacial score (nSPS) is 15.3. The largest absolute Gasteiger partial charge is 0.324 e. The van der Waals surface area contributed by atoms with Crippen LogP contribution >= 0.6 is 0 Å². The number of rotatable bonds is 6. The number of anilines is 3. The first-order chi connectivity index (χ1) is 19.1. The average Bonchev–Trinajstić information content (AvgIpc) is 3.50. The lowest BCUT2D eigenvalue weighted by Gasteiger charge is -2.35. The zero-order valence-corrected chi connectivity index (χ0v) is 21.4. The molecule has 0 unspecified atom stereocenters. The molecule has 2 N–H and O–H groups in total.